The number of nitrogens with one attached hydrogen (secondary N) is 4. The lowest BCUT2D eigenvalue weighted by Gasteiger charge is -2.35. The summed E-state index contributed by atoms with van der Waals surface area (Å²) < 4.78 is 36.6. The molecule has 0 aromatic heterocycles. The Hall–Kier alpha value is -7.92. The van der Waals surface area contributed by atoms with Crippen LogP contribution in [0, 0.1) is 0 Å². The normalized spacial score (nSPS) is 17.2. The molecule has 0 aliphatic heterocycles. The Labute approximate surface area is 434 Å². The van der Waals surface area contributed by atoms with Gasteiger partial charge in [-0.05, 0) is 85.7 Å². The number of ether oxygens (including phenoxy) is 6. The highest BCUT2D eigenvalue weighted by atomic mass is 16.5. The molecule has 0 amide bonds. The molecule has 0 fully saturated rings. The largest absolute Gasteiger partial charge is 0.496 e. The highest BCUT2D eigenvalue weighted by Gasteiger charge is 2.32. The first-order valence-corrected chi connectivity index (χ1v) is 25.8. The van der Waals surface area contributed by atoms with Crippen LogP contribution >= 0.6 is 0 Å². The number of benzene rings is 8. The van der Waals surface area contributed by atoms with Gasteiger partial charge >= 0.3 is 0 Å². The summed E-state index contributed by atoms with van der Waals surface area (Å²) in [6, 6.07) is 49.7. The Morgan fingerprint density at radius 2 is 0.649 bits per heavy atom. The van der Waals surface area contributed by atoms with Crippen LogP contribution in [-0.4, -0.2) is 53.1 Å². The van der Waals surface area contributed by atoms with Crippen LogP contribution in [0.3, 0.4) is 0 Å². The lowest BCUT2D eigenvalue weighted by atomic mass is 9.99. The Bertz CT molecular complexity index is 3180. The van der Waals surface area contributed by atoms with Crippen LogP contribution in [0.25, 0.3) is 43.1 Å². The second-order valence-electron chi connectivity index (χ2n) is 18.9. The fourth-order valence-corrected chi connectivity index (χ4v) is 10.3. The molecule has 0 saturated carbocycles. The van der Waals surface area contributed by atoms with Gasteiger partial charge in [-0.15, -0.1) is 0 Å². The molecule has 0 saturated heterocycles. The highest BCUT2D eigenvalue weighted by Crippen LogP contribution is 2.40. The molecular weight excluding hydrogens is 921 g/mol. The molecule has 4 N–H and O–H groups in total. The summed E-state index contributed by atoms with van der Waals surface area (Å²) >= 11 is 0. The third kappa shape index (κ3) is 10.9. The molecule has 2 aliphatic carbocycles. The van der Waals surface area contributed by atoms with Gasteiger partial charge in [-0.1, -0.05) is 135 Å². The SMILES string of the molecule is COc1ccc(NC2=CCC(Nc3ccc(OC)c4ccccc34)(OCCCCCCCCOC3(Nc4ccc(OC)c5ccccc45)C=CC(Nc4ccc(OC)c5ccccc45)=CC3)C=C2)c2ccccc12. The van der Waals surface area contributed by atoms with Gasteiger partial charge in [0.1, 0.15) is 23.0 Å². The Morgan fingerprint density at radius 1 is 0.351 bits per heavy atom. The van der Waals surface area contributed by atoms with Crippen molar-refractivity contribution in [1.82, 2.24) is 0 Å². The molecule has 10 nitrogen and oxygen atoms in total. The number of hydrogen-bond acceptors (Lipinski definition) is 10. The van der Waals surface area contributed by atoms with Crippen LogP contribution < -0.4 is 40.2 Å². The monoisotopic (exact) mass is 986 g/mol. The molecule has 2 unspecified atom stereocenters. The van der Waals surface area contributed by atoms with E-state index in [4.69, 9.17) is 28.4 Å². The summed E-state index contributed by atoms with van der Waals surface area (Å²) in [7, 11) is 6.86. The van der Waals surface area contributed by atoms with Gasteiger partial charge < -0.3 is 49.7 Å². The quantitative estimate of drug-likeness (QED) is 0.0366. The third-order valence-electron chi connectivity index (χ3n) is 14.2. The summed E-state index contributed by atoms with van der Waals surface area (Å²) in [6.45, 7) is 1.24. The molecule has 0 spiro atoms. The molecule has 0 bridgehead atoms. The maximum Gasteiger partial charge on any atom is 0.161 e. The summed E-state index contributed by atoms with van der Waals surface area (Å²) in [6.07, 6.45) is 20.6. The van der Waals surface area contributed by atoms with E-state index in [-0.39, 0.29) is 0 Å². The van der Waals surface area contributed by atoms with Gasteiger partial charge in [0.15, 0.2) is 11.4 Å². The standard InChI is InChI=1S/C64H66N4O6/c1-69-59-31-27-55(47-19-9-13-23-51(47)59)65-45-35-39-63(40-36-45,67-57-29-33-61(71-3)53-25-15-11-21-49(53)57)73-43-17-7-5-6-8-18-44-74-64(68-58-30-34-62(72-4)54-26-16-12-22-50(54)58)41-37-46(38-42-64)66-56-28-32-60(70-2)52-24-14-10-20-48(52)56/h9-16,19-39,41,65-68H,5-8,17-18,40,42-44H2,1-4H3. The van der Waals surface area contributed by atoms with E-state index in [1.807, 2.05) is 48.5 Å². The first-order chi connectivity index (χ1) is 36.4. The van der Waals surface area contributed by atoms with E-state index in [2.05, 4.69) is 155 Å². The second kappa shape index (κ2) is 22.9. The average Bonchev–Trinajstić information content (AvgIpc) is 3.45. The van der Waals surface area contributed by atoms with Crippen LogP contribution in [0.1, 0.15) is 51.4 Å². The van der Waals surface area contributed by atoms with Crippen molar-refractivity contribution in [1.29, 1.82) is 0 Å². The van der Waals surface area contributed by atoms with Gasteiger partial charge in [0.2, 0.25) is 0 Å². The number of anilines is 4. The summed E-state index contributed by atoms with van der Waals surface area (Å²) in [5.74, 6) is 3.39. The fraction of sp³-hybridized carbons (Fsp3) is 0.250. The number of unbranched alkanes of at least 4 members (excludes halogenated alkanes) is 5. The van der Waals surface area contributed by atoms with Crippen molar-refractivity contribution in [3.8, 4) is 23.0 Å². The van der Waals surface area contributed by atoms with E-state index in [0.29, 0.717) is 26.1 Å². The summed E-state index contributed by atoms with van der Waals surface area (Å²) in [5, 5.41) is 23.6. The predicted octanol–water partition coefficient (Wildman–Crippen LogP) is 15.5. The lowest BCUT2D eigenvalue weighted by molar-refractivity contribution is 0.0103. The molecule has 8 aromatic rings. The van der Waals surface area contributed by atoms with Gasteiger partial charge in [0, 0.05) is 103 Å². The van der Waals surface area contributed by atoms with Crippen LogP contribution in [0.5, 0.6) is 23.0 Å². The van der Waals surface area contributed by atoms with Crippen LogP contribution in [0.4, 0.5) is 22.7 Å². The van der Waals surface area contributed by atoms with Crippen molar-refractivity contribution in [3.05, 3.63) is 193 Å². The Kier molecular flexibility index (Phi) is 15.3. The van der Waals surface area contributed by atoms with Gasteiger partial charge in [0.25, 0.3) is 0 Å². The van der Waals surface area contributed by atoms with Gasteiger partial charge in [-0.2, -0.15) is 0 Å². The van der Waals surface area contributed by atoms with E-state index >= 15 is 0 Å². The van der Waals surface area contributed by atoms with E-state index in [0.717, 1.165) is 139 Å². The van der Waals surface area contributed by atoms with Gasteiger partial charge in [0.05, 0.1) is 28.4 Å². The van der Waals surface area contributed by atoms with Gasteiger partial charge in [-0.25, -0.2) is 0 Å². The molecule has 10 heteroatoms. The van der Waals surface area contributed by atoms with Crippen molar-refractivity contribution < 1.29 is 28.4 Å². The van der Waals surface area contributed by atoms with E-state index in [9.17, 15) is 0 Å². The average molecular weight is 987 g/mol. The second-order valence-corrected chi connectivity index (χ2v) is 18.9. The highest BCUT2D eigenvalue weighted by molar-refractivity contribution is 6.01. The van der Waals surface area contributed by atoms with E-state index in [1.165, 1.54) is 0 Å². The third-order valence-corrected chi connectivity index (χ3v) is 14.2. The molecule has 378 valence electrons. The fourth-order valence-electron chi connectivity index (χ4n) is 10.3. The molecule has 74 heavy (non-hydrogen) atoms. The van der Waals surface area contributed by atoms with Crippen LogP contribution in [-0.2, 0) is 9.47 Å². The molecule has 10 rings (SSSR count). The van der Waals surface area contributed by atoms with E-state index < -0.39 is 11.4 Å². The number of methoxy groups -OCH3 is 4. The van der Waals surface area contributed by atoms with Crippen molar-refractivity contribution in [2.45, 2.75) is 62.8 Å². The van der Waals surface area contributed by atoms with Crippen LogP contribution in [0.2, 0.25) is 0 Å². The maximum atomic E-state index is 6.89. The molecule has 2 atom stereocenters. The summed E-state index contributed by atoms with van der Waals surface area (Å²) in [5.41, 5.74) is 4.57. The minimum absolute atomic E-state index is 0.619. The number of fused-ring (bicyclic) bond motifs is 4. The molecular formula is C64H66N4O6. The zero-order valence-electron chi connectivity index (χ0n) is 42.8. The topological polar surface area (TPSA) is 104 Å². The lowest BCUT2D eigenvalue weighted by Crippen LogP contribution is -2.40. The summed E-state index contributed by atoms with van der Waals surface area (Å²) in [4.78, 5) is 0. The first-order valence-electron chi connectivity index (χ1n) is 25.8. The minimum atomic E-state index is -0.742. The zero-order valence-corrected chi connectivity index (χ0v) is 42.8. The van der Waals surface area contributed by atoms with Crippen molar-refractivity contribution in [2.75, 3.05) is 62.9 Å². The smallest absolute Gasteiger partial charge is 0.161 e. The Morgan fingerprint density at radius 3 is 0.959 bits per heavy atom. The van der Waals surface area contributed by atoms with Crippen molar-refractivity contribution in [3.63, 3.8) is 0 Å². The molecule has 0 radical (unpaired) electrons. The van der Waals surface area contributed by atoms with E-state index in [1.54, 1.807) is 28.4 Å². The first kappa shape index (κ1) is 49.6. The van der Waals surface area contributed by atoms with Gasteiger partial charge in [-0.3, -0.25) is 0 Å². The molecule has 2 aliphatic rings. The number of rotatable bonds is 23. The van der Waals surface area contributed by atoms with Crippen molar-refractivity contribution in [2.24, 2.45) is 0 Å². The van der Waals surface area contributed by atoms with Crippen molar-refractivity contribution >= 4 is 65.8 Å². The molecule has 8 aromatic carbocycles. The Balaban J connectivity index is 0.759. The number of hydrogen-bond donors (Lipinski definition) is 4. The van der Waals surface area contributed by atoms with Crippen LogP contribution in [0.15, 0.2) is 193 Å². The zero-order chi connectivity index (χ0) is 50.7. The maximum absolute atomic E-state index is 6.89. The molecule has 0 heterocycles. The predicted molar refractivity (Wildman–Crippen MR) is 305 cm³/mol. The number of allylic oxidation sites excluding steroid dienone is 2. The minimum Gasteiger partial charge on any atom is -0.496 e.